The number of rotatable bonds is 7. The van der Waals surface area contributed by atoms with E-state index in [4.69, 9.17) is 9.84 Å². The number of hydrogen-bond donors (Lipinski definition) is 3. The lowest BCUT2D eigenvalue weighted by Crippen LogP contribution is -2.16. The van der Waals surface area contributed by atoms with Gasteiger partial charge in [-0.15, -0.1) is 0 Å². The Bertz CT molecular complexity index is 1130. The summed E-state index contributed by atoms with van der Waals surface area (Å²) < 4.78 is 19.6. The average Bonchev–Trinajstić information content (AvgIpc) is 3.63. The molecule has 0 atom stereocenters. The van der Waals surface area contributed by atoms with Gasteiger partial charge >= 0.3 is 0 Å². The number of benzene rings is 2. The molecule has 1 fully saturated rings. The van der Waals surface area contributed by atoms with E-state index in [0.29, 0.717) is 18.5 Å². The maximum Gasteiger partial charge on any atom is 0.258 e. The van der Waals surface area contributed by atoms with Crippen LogP contribution in [-0.2, 0) is 14.3 Å². The van der Waals surface area contributed by atoms with Crippen LogP contribution in [0.15, 0.2) is 65.6 Å². The lowest BCUT2D eigenvalue weighted by molar-refractivity contribution is -0.106. The van der Waals surface area contributed by atoms with Crippen molar-refractivity contribution in [3.63, 3.8) is 0 Å². The van der Waals surface area contributed by atoms with Crippen LogP contribution in [0.3, 0.4) is 0 Å². The van der Waals surface area contributed by atoms with Crippen LogP contribution in [0, 0.1) is 18.7 Å². The highest BCUT2D eigenvalue weighted by Gasteiger charge is 2.19. The Kier molecular flexibility index (Phi) is 10.5. The van der Waals surface area contributed by atoms with Gasteiger partial charge in [-0.1, -0.05) is 17.7 Å². The zero-order chi connectivity index (χ0) is 24.9. The first-order valence-corrected chi connectivity index (χ1v) is 10.6. The van der Waals surface area contributed by atoms with Crippen molar-refractivity contribution in [1.82, 2.24) is 4.57 Å². The summed E-state index contributed by atoms with van der Waals surface area (Å²) in [6, 6.07) is 13.9. The largest absolute Gasteiger partial charge is 0.508 e. The number of ether oxygens (including phenoxy) is 1. The fourth-order valence-corrected chi connectivity index (χ4v) is 2.75. The molecule has 1 aliphatic carbocycles. The molecule has 1 heterocycles. The zero-order valence-corrected chi connectivity index (χ0v) is 19.0. The number of nitrogens with one attached hydrogen (secondary N) is 2. The van der Waals surface area contributed by atoms with Gasteiger partial charge in [-0.25, -0.2) is 4.39 Å². The van der Waals surface area contributed by atoms with Crippen molar-refractivity contribution in [2.75, 3.05) is 24.4 Å². The van der Waals surface area contributed by atoms with Gasteiger partial charge in [-0.2, -0.15) is 0 Å². The lowest BCUT2D eigenvalue weighted by Gasteiger charge is -2.07. The number of carbonyl (C=O) groups is 2. The highest BCUT2D eigenvalue weighted by Crippen LogP contribution is 2.28. The molecule has 0 unspecified atom stereocenters. The summed E-state index contributed by atoms with van der Waals surface area (Å²) in [5, 5.41) is 13.9. The molecule has 0 saturated heterocycles. The van der Waals surface area contributed by atoms with Crippen LogP contribution in [0.25, 0.3) is 5.69 Å². The molecule has 3 aromatic rings. The van der Waals surface area contributed by atoms with Crippen molar-refractivity contribution in [3.05, 3.63) is 82.5 Å². The van der Waals surface area contributed by atoms with Gasteiger partial charge in [-0.3, -0.25) is 19.0 Å². The third-order valence-corrected chi connectivity index (χ3v) is 4.72. The highest BCUT2D eigenvalue weighted by molar-refractivity contribution is 5.72. The molecule has 0 bridgehead atoms. The van der Waals surface area contributed by atoms with Crippen molar-refractivity contribution in [2.24, 2.45) is 5.92 Å². The van der Waals surface area contributed by atoms with Crippen LogP contribution in [0.5, 0.6) is 5.75 Å². The number of aromatic hydroxyl groups is 1. The lowest BCUT2D eigenvalue weighted by atomic mass is 10.2. The first-order chi connectivity index (χ1) is 16.4. The number of hydrogen-bond acceptors (Lipinski definition) is 5. The van der Waals surface area contributed by atoms with Gasteiger partial charge < -0.3 is 20.5 Å². The number of aryl methyl sites for hydroxylation is 1. The third kappa shape index (κ3) is 8.87. The second-order valence-corrected chi connectivity index (χ2v) is 7.55. The van der Waals surface area contributed by atoms with E-state index in [1.807, 2.05) is 31.2 Å². The first kappa shape index (κ1) is 26.3. The van der Waals surface area contributed by atoms with Crippen LogP contribution < -0.4 is 16.2 Å². The minimum atomic E-state index is -0.653. The molecule has 2 aromatic carbocycles. The summed E-state index contributed by atoms with van der Waals surface area (Å²) in [5.74, 6) is 0.116. The number of anilines is 2. The summed E-state index contributed by atoms with van der Waals surface area (Å²) in [7, 11) is 1.76. The van der Waals surface area contributed by atoms with Crippen LogP contribution >= 0.6 is 0 Å². The maximum atomic E-state index is 13.5. The standard InChI is InChI=1S/C12H9FN2O3.C8H9NO.C5H10O/c13-10-5-8(1-2-11(10)14-7-16)15-4-3-9(17)6-12(15)18;1-7-2-4-8(5-3-7)9-6-10;1-6-4-5-2-3-5/h1-7,17H,(H,14,16);2-6H,1H3,(H,9,10);5H,2-4H2,1H3. The van der Waals surface area contributed by atoms with Gasteiger partial charge in [0.25, 0.3) is 5.56 Å². The minimum absolute atomic E-state index is 0.0283. The fourth-order valence-electron chi connectivity index (χ4n) is 2.75. The molecule has 0 spiro atoms. The van der Waals surface area contributed by atoms with Crippen LogP contribution in [-0.4, -0.2) is 36.2 Å². The summed E-state index contributed by atoms with van der Waals surface area (Å²) in [4.78, 5) is 31.7. The second kappa shape index (κ2) is 13.5. The summed E-state index contributed by atoms with van der Waals surface area (Å²) in [6.07, 6.45) is 5.16. The molecule has 9 heteroatoms. The molecule has 0 aliphatic heterocycles. The normalized spacial score (nSPS) is 11.7. The quantitative estimate of drug-likeness (QED) is 0.455. The number of aromatic nitrogens is 1. The van der Waals surface area contributed by atoms with E-state index >= 15 is 0 Å². The number of methoxy groups -OCH3 is 1. The Morgan fingerprint density at radius 2 is 1.74 bits per heavy atom. The monoisotopic (exact) mass is 469 g/mol. The fraction of sp³-hybridized carbons (Fsp3) is 0.240. The molecule has 2 amide bonds. The molecule has 1 saturated carbocycles. The van der Waals surface area contributed by atoms with Crippen molar-refractivity contribution in [3.8, 4) is 11.4 Å². The Labute approximate surface area is 197 Å². The van der Waals surface area contributed by atoms with Crippen LogP contribution in [0.4, 0.5) is 15.8 Å². The SMILES string of the molecule is COCC1CC1.Cc1ccc(NC=O)cc1.O=CNc1ccc(-n2ccc(O)cc2=O)cc1F. The van der Waals surface area contributed by atoms with Crippen LogP contribution in [0.1, 0.15) is 18.4 Å². The molecular weight excluding hydrogens is 441 g/mol. The predicted molar refractivity (Wildman–Crippen MR) is 129 cm³/mol. The van der Waals surface area contributed by atoms with Gasteiger partial charge in [0, 0.05) is 37.7 Å². The minimum Gasteiger partial charge on any atom is -0.508 e. The Morgan fingerprint density at radius 1 is 1.06 bits per heavy atom. The van der Waals surface area contributed by atoms with Crippen LogP contribution in [0.2, 0.25) is 0 Å². The maximum absolute atomic E-state index is 13.5. The average molecular weight is 470 g/mol. The van der Waals surface area contributed by atoms with E-state index in [-0.39, 0.29) is 11.4 Å². The number of halogens is 1. The molecule has 1 aromatic heterocycles. The smallest absolute Gasteiger partial charge is 0.258 e. The Balaban J connectivity index is 0.000000212. The van der Waals surface area contributed by atoms with Crippen molar-refractivity contribution in [2.45, 2.75) is 19.8 Å². The summed E-state index contributed by atoms with van der Waals surface area (Å²) in [6.45, 7) is 2.99. The molecule has 0 radical (unpaired) electrons. The van der Waals surface area contributed by atoms with Crippen molar-refractivity contribution < 1.29 is 23.8 Å². The Hall–Kier alpha value is -3.98. The topological polar surface area (TPSA) is 110 Å². The number of carbonyl (C=O) groups excluding carboxylic acids is 2. The van der Waals surface area contributed by atoms with E-state index in [9.17, 15) is 18.8 Å². The predicted octanol–water partition coefficient (Wildman–Crippen LogP) is 3.86. The van der Waals surface area contributed by atoms with Gasteiger partial charge in [0.1, 0.15) is 11.6 Å². The van der Waals surface area contributed by atoms with Gasteiger partial charge in [0.15, 0.2) is 0 Å². The molecule has 1 aliphatic rings. The highest BCUT2D eigenvalue weighted by atomic mass is 19.1. The zero-order valence-electron chi connectivity index (χ0n) is 19.0. The Morgan fingerprint density at radius 3 is 2.24 bits per heavy atom. The van der Waals surface area contributed by atoms with E-state index in [0.717, 1.165) is 30.3 Å². The van der Waals surface area contributed by atoms with Crippen molar-refractivity contribution in [1.29, 1.82) is 0 Å². The van der Waals surface area contributed by atoms with Crippen molar-refractivity contribution >= 4 is 24.2 Å². The summed E-state index contributed by atoms with van der Waals surface area (Å²) >= 11 is 0. The molecule has 180 valence electrons. The molecular formula is C25H28FN3O5. The first-order valence-electron chi connectivity index (χ1n) is 10.6. The second-order valence-electron chi connectivity index (χ2n) is 7.55. The number of pyridine rings is 1. The third-order valence-electron chi connectivity index (χ3n) is 4.72. The van der Waals surface area contributed by atoms with E-state index < -0.39 is 11.4 Å². The number of nitrogens with zero attached hydrogens (tertiary/aromatic N) is 1. The molecule has 34 heavy (non-hydrogen) atoms. The summed E-state index contributed by atoms with van der Waals surface area (Å²) in [5.41, 5.74) is 1.87. The van der Waals surface area contributed by atoms with Gasteiger partial charge in [0.2, 0.25) is 12.8 Å². The number of amides is 2. The molecule has 3 N–H and O–H groups in total. The van der Waals surface area contributed by atoms with Gasteiger partial charge in [-0.05, 0) is 56.0 Å². The van der Waals surface area contributed by atoms with E-state index in [1.165, 1.54) is 47.4 Å². The molecule has 8 nitrogen and oxygen atoms in total. The van der Waals surface area contributed by atoms with Gasteiger partial charge in [0.05, 0.1) is 11.4 Å². The molecule has 4 rings (SSSR count). The van der Waals surface area contributed by atoms with E-state index in [1.54, 1.807) is 7.11 Å². The van der Waals surface area contributed by atoms with E-state index in [2.05, 4.69) is 10.6 Å².